The van der Waals surface area contributed by atoms with Crippen molar-refractivity contribution in [1.82, 2.24) is 15.6 Å². The van der Waals surface area contributed by atoms with Gasteiger partial charge in [0.1, 0.15) is 5.76 Å². The Labute approximate surface area is 111 Å². The second-order valence-electron chi connectivity index (χ2n) is 4.10. The van der Waals surface area contributed by atoms with Gasteiger partial charge in [-0.25, -0.2) is 9.78 Å². The third kappa shape index (κ3) is 5.41. The van der Waals surface area contributed by atoms with Crippen LogP contribution in [0.2, 0.25) is 0 Å². The van der Waals surface area contributed by atoms with E-state index in [0.29, 0.717) is 12.3 Å². The van der Waals surface area contributed by atoms with Crippen LogP contribution in [0.25, 0.3) is 0 Å². The van der Waals surface area contributed by atoms with Gasteiger partial charge in [0, 0.05) is 12.5 Å². The first kappa shape index (κ1) is 15.0. The van der Waals surface area contributed by atoms with Crippen LogP contribution in [0.5, 0.6) is 0 Å². The maximum Gasteiger partial charge on any atom is 0.315 e. The lowest BCUT2D eigenvalue weighted by atomic mass is 10.1. The van der Waals surface area contributed by atoms with Crippen molar-refractivity contribution in [1.29, 1.82) is 0 Å². The molecule has 0 saturated carbocycles. The Morgan fingerprint density at radius 3 is 2.74 bits per heavy atom. The number of amides is 2. The largest absolute Gasteiger partial charge is 0.481 e. The number of rotatable bonds is 7. The van der Waals surface area contributed by atoms with E-state index in [1.165, 1.54) is 0 Å². The summed E-state index contributed by atoms with van der Waals surface area (Å²) in [7, 11) is 0. The lowest BCUT2D eigenvalue weighted by Crippen LogP contribution is -2.42. The second kappa shape index (κ2) is 7.40. The number of carboxylic acid groups (broad SMARTS) is 1. The van der Waals surface area contributed by atoms with E-state index in [0.717, 1.165) is 12.2 Å². The standard InChI is InChI=1S/C12H19N3O4/c1-3-8(5-11(16)17)15-12(18)14-7-10-13-6-9(4-2)19-10/h6,8H,3-5,7H2,1-2H3,(H,16,17)(H2,14,15,18). The summed E-state index contributed by atoms with van der Waals surface area (Å²) in [5, 5.41) is 13.8. The van der Waals surface area contributed by atoms with Crippen molar-refractivity contribution in [2.75, 3.05) is 0 Å². The number of nitrogens with one attached hydrogen (secondary N) is 2. The SMILES string of the molecule is CCc1cnc(CNC(=O)NC(CC)CC(=O)O)o1. The number of aryl methyl sites for hydroxylation is 1. The Hall–Kier alpha value is -2.05. The molecule has 1 aromatic rings. The zero-order valence-electron chi connectivity index (χ0n) is 11.1. The molecule has 1 aromatic heterocycles. The van der Waals surface area contributed by atoms with Gasteiger partial charge in [0.25, 0.3) is 0 Å². The van der Waals surface area contributed by atoms with Crippen molar-refractivity contribution >= 4 is 12.0 Å². The molecule has 1 heterocycles. The highest BCUT2D eigenvalue weighted by Crippen LogP contribution is 2.03. The van der Waals surface area contributed by atoms with E-state index in [2.05, 4.69) is 15.6 Å². The van der Waals surface area contributed by atoms with E-state index in [1.54, 1.807) is 6.20 Å². The van der Waals surface area contributed by atoms with Gasteiger partial charge in [-0.1, -0.05) is 13.8 Å². The molecule has 0 aliphatic heterocycles. The van der Waals surface area contributed by atoms with Crippen molar-refractivity contribution in [2.45, 2.75) is 45.7 Å². The molecule has 1 rings (SSSR count). The highest BCUT2D eigenvalue weighted by atomic mass is 16.4. The minimum atomic E-state index is -0.938. The summed E-state index contributed by atoms with van der Waals surface area (Å²) in [5.74, 6) is 0.250. The number of oxazole rings is 1. The molecule has 1 atom stereocenters. The summed E-state index contributed by atoms with van der Waals surface area (Å²) in [6, 6.07) is -0.808. The van der Waals surface area contributed by atoms with Gasteiger partial charge in [-0.05, 0) is 6.42 Å². The van der Waals surface area contributed by atoms with Crippen molar-refractivity contribution in [2.24, 2.45) is 0 Å². The van der Waals surface area contributed by atoms with Crippen LogP contribution in [0.1, 0.15) is 38.3 Å². The van der Waals surface area contributed by atoms with E-state index in [-0.39, 0.29) is 19.0 Å². The van der Waals surface area contributed by atoms with Crippen LogP contribution in [0.3, 0.4) is 0 Å². The van der Waals surface area contributed by atoms with Crippen molar-refractivity contribution < 1.29 is 19.1 Å². The Bertz CT molecular complexity index is 430. The number of carbonyl (C=O) groups excluding carboxylic acids is 1. The predicted octanol–water partition coefficient (Wildman–Crippen LogP) is 1.29. The van der Waals surface area contributed by atoms with E-state index < -0.39 is 12.0 Å². The van der Waals surface area contributed by atoms with Crippen LogP contribution in [-0.2, 0) is 17.8 Å². The van der Waals surface area contributed by atoms with Gasteiger partial charge in [0.2, 0.25) is 5.89 Å². The Balaban J connectivity index is 2.36. The maximum atomic E-state index is 11.6. The summed E-state index contributed by atoms with van der Waals surface area (Å²) in [4.78, 5) is 26.1. The van der Waals surface area contributed by atoms with Crippen LogP contribution in [0, 0.1) is 0 Å². The molecular formula is C12H19N3O4. The van der Waals surface area contributed by atoms with Crippen molar-refractivity contribution in [3.63, 3.8) is 0 Å². The molecule has 0 radical (unpaired) electrons. The number of carbonyl (C=O) groups is 2. The van der Waals surface area contributed by atoms with E-state index in [9.17, 15) is 9.59 Å². The summed E-state index contributed by atoms with van der Waals surface area (Å²) in [6.07, 6.45) is 2.82. The van der Waals surface area contributed by atoms with Gasteiger partial charge in [-0.2, -0.15) is 0 Å². The molecule has 2 amide bonds. The van der Waals surface area contributed by atoms with Crippen LogP contribution >= 0.6 is 0 Å². The Morgan fingerprint density at radius 2 is 2.21 bits per heavy atom. The van der Waals surface area contributed by atoms with Crippen LogP contribution < -0.4 is 10.6 Å². The first-order valence-corrected chi connectivity index (χ1v) is 6.24. The number of aliphatic carboxylic acids is 1. The summed E-state index contributed by atoms with van der Waals surface area (Å²) in [6.45, 7) is 3.94. The maximum absolute atomic E-state index is 11.6. The Morgan fingerprint density at radius 1 is 1.47 bits per heavy atom. The summed E-state index contributed by atoms with van der Waals surface area (Å²) >= 11 is 0. The van der Waals surface area contributed by atoms with E-state index >= 15 is 0 Å². The molecular weight excluding hydrogens is 250 g/mol. The molecule has 0 spiro atoms. The van der Waals surface area contributed by atoms with Crippen molar-refractivity contribution in [3.8, 4) is 0 Å². The van der Waals surface area contributed by atoms with E-state index in [4.69, 9.17) is 9.52 Å². The number of carboxylic acids is 1. The molecule has 106 valence electrons. The summed E-state index contributed by atoms with van der Waals surface area (Å²) in [5.41, 5.74) is 0. The van der Waals surface area contributed by atoms with Crippen LogP contribution in [0.15, 0.2) is 10.6 Å². The van der Waals surface area contributed by atoms with Gasteiger partial charge in [-0.3, -0.25) is 4.79 Å². The van der Waals surface area contributed by atoms with Gasteiger partial charge in [-0.15, -0.1) is 0 Å². The van der Waals surface area contributed by atoms with Crippen LogP contribution in [-0.4, -0.2) is 28.1 Å². The molecule has 3 N–H and O–H groups in total. The molecule has 7 nitrogen and oxygen atoms in total. The van der Waals surface area contributed by atoms with Crippen molar-refractivity contribution in [3.05, 3.63) is 17.8 Å². The minimum absolute atomic E-state index is 0.0943. The topological polar surface area (TPSA) is 104 Å². The lowest BCUT2D eigenvalue weighted by molar-refractivity contribution is -0.137. The summed E-state index contributed by atoms with van der Waals surface area (Å²) < 4.78 is 5.33. The average Bonchev–Trinajstić information content (AvgIpc) is 2.83. The smallest absolute Gasteiger partial charge is 0.315 e. The lowest BCUT2D eigenvalue weighted by Gasteiger charge is -2.14. The fraction of sp³-hybridized carbons (Fsp3) is 0.583. The normalized spacial score (nSPS) is 11.9. The molecule has 0 fully saturated rings. The zero-order chi connectivity index (χ0) is 14.3. The van der Waals surface area contributed by atoms with Gasteiger partial charge < -0.3 is 20.2 Å². The first-order chi connectivity index (χ1) is 9.05. The number of hydrogen-bond acceptors (Lipinski definition) is 4. The molecule has 0 saturated heterocycles. The average molecular weight is 269 g/mol. The monoisotopic (exact) mass is 269 g/mol. The second-order valence-corrected chi connectivity index (χ2v) is 4.10. The fourth-order valence-corrected chi connectivity index (χ4v) is 1.49. The number of hydrogen-bond donors (Lipinski definition) is 3. The molecule has 0 bridgehead atoms. The number of urea groups is 1. The molecule has 1 unspecified atom stereocenters. The van der Waals surface area contributed by atoms with Gasteiger partial charge in [0.05, 0.1) is 19.2 Å². The first-order valence-electron chi connectivity index (χ1n) is 6.24. The molecule has 0 aliphatic rings. The molecule has 0 aliphatic carbocycles. The quantitative estimate of drug-likeness (QED) is 0.691. The fourth-order valence-electron chi connectivity index (χ4n) is 1.49. The predicted molar refractivity (Wildman–Crippen MR) is 67.6 cm³/mol. The highest BCUT2D eigenvalue weighted by molar-refractivity contribution is 5.75. The number of aromatic nitrogens is 1. The highest BCUT2D eigenvalue weighted by Gasteiger charge is 2.14. The number of nitrogens with zero attached hydrogens (tertiary/aromatic N) is 1. The van der Waals surface area contributed by atoms with Gasteiger partial charge >= 0.3 is 12.0 Å². The molecule has 0 aromatic carbocycles. The Kier molecular flexibility index (Phi) is 5.84. The minimum Gasteiger partial charge on any atom is -0.481 e. The molecule has 19 heavy (non-hydrogen) atoms. The van der Waals surface area contributed by atoms with E-state index in [1.807, 2.05) is 13.8 Å². The zero-order valence-corrected chi connectivity index (χ0v) is 11.1. The third-order valence-electron chi connectivity index (χ3n) is 2.60. The van der Waals surface area contributed by atoms with Crippen LogP contribution in [0.4, 0.5) is 4.79 Å². The van der Waals surface area contributed by atoms with Gasteiger partial charge in [0.15, 0.2) is 0 Å². The molecule has 7 heteroatoms. The third-order valence-corrected chi connectivity index (χ3v) is 2.60.